The standard InChI is InChI=1S/C13H14N4/c1-3-10-8-14-17-9-11(4-5-13(10)17)12-6-7-16(2)15-12/h4-9H,3H2,1-2H3. The van der Waals surface area contributed by atoms with Crippen LogP contribution in [0, 0.1) is 0 Å². The maximum Gasteiger partial charge on any atom is 0.0938 e. The highest BCUT2D eigenvalue weighted by Gasteiger charge is 2.05. The number of aryl methyl sites for hydroxylation is 2. The second-order valence-corrected chi connectivity index (χ2v) is 4.15. The van der Waals surface area contributed by atoms with E-state index in [1.807, 2.05) is 36.2 Å². The van der Waals surface area contributed by atoms with Crippen LogP contribution in [0.2, 0.25) is 0 Å². The van der Waals surface area contributed by atoms with Crippen LogP contribution in [0.5, 0.6) is 0 Å². The molecular weight excluding hydrogens is 212 g/mol. The predicted octanol–water partition coefficient (Wildman–Crippen LogP) is 2.30. The normalized spacial score (nSPS) is 11.2. The summed E-state index contributed by atoms with van der Waals surface area (Å²) < 4.78 is 3.73. The van der Waals surface area contributed by atoms with Crippen LogP contribution in [0.1, 0.15) is 12.5 Å². The molecule has 0 radical (unpaired) electrons. The van der Waals surface area contributed by atoms with E-state index >= 15 is 0 Å². The van der Waals surface area contributed by atoms with Crippen molar-refractivity contribution in [3.63, 3.8) is 0 Å². The summed E-state index contributed by atoms with van der Waals surface area (Å²) >= 11 is 0. The van der Waals surface area contributed by atoms with Crippen molar-refractivity contribution in [3.8, 4) is 11.3 Å². The quantitative estimate of drug-likeness (QED) is 0.672. The summed E-state index contributed by atoms with van der Waals surface area (Å²) in [6.07, 6.45) is 6.90. The van der Waals surface area contributed by atoms with Crippen LogP contribution < -0.4 is 0 Å². The van der Waals surface area contributed by atoms with Gasteiger partial charge in [0.2, 0.25) is 0 Å². The van der Waals surface area contributed by atoms with E-state index in [1.54, 1.807) is 4.68 Å². The Morgan fingerprint density at radius 3 is 2.82 bits per heavy atom. The van der Waals surface area contributed by atoms with Crippen LogP contribution in [0.4, 0.5) is 0 Å². The number of nitrogens with zero attached hydrogens (tertiary/aromatic N) is 4. The van der Waals surface area contributed by atoms with Gasteiger partial charge < -0.3 is 0 Å². The summed E-state index contributed by atoms with van der Waals surface area (Å²) in [6, 6.07) is 6.21. The zero-order chi connectivity index (χ0) is 11.8. The zero-order valence-corrected chi connectivity index (χ0v) is 9.96. The van der Waals surface area contributed by atoms with Gasteiger partial charge in [-0.1, -0.05) is 6.92 Å². The molecule has 0 saturated carbocycles. The fourth-order valence-electron chi connectivity index (χ4n) is 2.03. The van der Waals surface area contributed by atoms with E-state index in [0.717, 1.165) is 17.7 Å². The van der Waals surface area contributed by atoms with Gasteiger partial charge in [0.1, 0.15) is 0 Å². The fraction of sp³-hybridized carbons (Fsp3) is 0.231. The van der Waals surface area contributed by atoms with Crippen molar-refractivity contribution in [1.82, 2.24) is 19.4 Å². The van der Waals surface area contributed by atoms with Crippen LogP contribution in [-0.2, 0) is 13.5 Å². The molecule has 0 unspecified atom stereocenters. The largest absolute Gasteiger partial charge is 0.275 e. The molecule has 0 spiro atoms. The molecule has 0 N–H and O–H groups in total. The monoisotopic (exact) mass is 226 g/mol. The van der Waals surface area contributed by atoms with E-state index in [4.69, 9.17) is 0 Å². The molecule has 0 amide bonds. The van der Waals surface area contributed by atoms with Gasteiger partial charge in [0.25, 0.3) is 0 Å². The lowest BCUT2D eigenvalue weighted by Gasteiger charge is -1.99. The second kappa shape index (κ2) is 3.73. The minimum atomic E-state index is 0.975. The van der Waals surface area contributed by atoms with Crippen molar-refractivity contribution in [1.29, 1.82) is 0 Å². The molecule has 4 heteroatoms. The third-order valence-electron chi connectivity index (χ3n) is 2.99. The molecule has 86 valence electrons. The van der Waals surface area contributed by atoms with Crippen molar-refractivity contribution < 1.29 is 0 Å². The molecule has 0 aliphatic carbocycles. The fourth-order valence-corrected chi connectivity index (χ4v) is 2.03. The maximum absolute atomic E-state index is 4.39. The van der Waals surface area contributed by atoms with Gasteiger partial charge in [-0.3, -0.25) is 4.68 Å². The molecule has 0 fully saturated rings. The number of hydrogen-bond acceptors (Lipinski definition) is 2. The van der Waals surface area contributed by atoms with Gasteiger partial charge >= 0.3 is 0 Å². The lowest BCUT2D eigenvalue weighted by Crippen LogP contribution is -1.91. The van der Waals surface area contributed by atoms with Gasteiger partial charge in [-0.05, 0) is 30.2 Å². The van der Waals surface area contributed by atoms with Gasteiger partial charge in [0.05, 0.1) is 17.4 Å². The number of rotatable bonds is 2. The third-order valence-corrected chi connectivity index (χ3v) is 2.99. The molecule has 0 atom stereocenters. The van der Waals surface area contributed by atoms with Crippen molar-refractivity contribution in [3.05, 3.63) is 42.4 Å². The zero-order valence-electron chi connectivity index (χ0n) is 9.96. The smallest absolute Gasteiger partial charge is 0.0938 e. The maximum atomic E-state index is 4.39. The summed E-state index contributed by atoms with van der Waals surface area (Å²) in [6.45, 7) is 2.14. The Balaban J connectivity index is 2.14. The summed E-state index contributed by atoms with van der Waals surface area (Å²) in [4.78, 5) is 0. The Morgan fingerprint density at radius 2 is 2.12 bits per heavy atom. The van der Waals surface area contributed by atoms with Gasteiger partial charge in [-0.2, -0.15) is 10.2 Å². The summed E-state index contributed by atoms with van der Waals surface area (Å²) in [5.41, 5.74) is 4.51. The Morgan fingerprint density at radius 1 is 1.24 bits per heavy atom. The first-order valence-electron chi connectivity index (χ1n) is 5.74. The van der Waals surface area contributed by atoms with E-state index in [9.17, 15) is 0 Å². The predicted molar refractivity (Wildman–Crippen MR) is 66.8 cm³/mol. The van der Waals surface area contributed by atoms with Crippen LogP contribution >= 0.6 is 0 Å². The molecule has 3 rings (SSSR count). The molecule has 3 aromatic rings. The molecular formula is C13H14N4. The van der Waals surface area contributed by atoms with E-state index in [1.165, 1.54) is 11.1 Å². The van der Waals surface area contributed by atoms with Gasteiger partial charge in [-0.15, -0.1) is 0 Å². The SMILES string of the molecule is CCc1cnn2cc(-c3ccn(C)n3)ccc12. The number of aromatic nitrogens is 4. The number of hydrogen-bond donors (Lipinski definition) is 0. The highest BCUT2D eigenvalue weighted by Crippen LogP contribution is 2.19. The first-order chi connectivity index (χ1) is 8.28. The summed E-state index contributed by atoms with van der Waals surface area (Å²) in [5.74, 6) is 0. The molecule has 0 aliphatic heterocycles. The lowest BCUT2D eigenvalue weighted by molar-refractivity contribution is 0.770. The molecule has 0 aliphatic rings. The van der Waals surface area contributed by atoms with Crippen LogP contribution in [-0.4, -0.2) is 19.4 Å². The summed E-state index contributed by atoms with van der Waals surface area (Å²) in [7, 11) is 1.92. The van der Waals surface area contributed by atoms with Crippen molar-refractivity contribution in [2.24, 2.45) is 7.05 Å². The average molecular weight is 226 g/mol. The van der Waals surface area contributed by atoms with E-state index < -0.39 is 0 Å². The molecule has 0 bridgehead atoms. The van der Waals surface area contributed by atoms with Crippen LogP contribution in [0.15, 0.2) is 36.8 Å². The Hall–Kier alpha value is -2.10. The Bertz CT molecular complexity index is 663. The second-order valence-electron chi connectivity index (χ2n) is 4.15. The molecule has 0 saturated heterocycles. The average Bonchev–Trinajstić information content (AvgIpc) is 2.94. The number of fused-ring (bicyclic) bond motifs is 1. The lowest BCUT2D eigenvalue weighted by atomic mass is 10.1. The highest BCUT2D eigenvalue weighted by atomic mass is 15.3. The van der Waals surface area contributed by atoms with E-state index in [-0.39, 0.29) is 0 Å². The molecule has 17 heavy (non-hydrogen) atoms. The summed E-state index contributed by atoms with van der Waals surface area (Å²) in [5, 5.41) is 8.75. The topological polar surface area (TPSA) is 35.1 Å². The highest BCUT2D eigenvalue weighted by molar-refractivity contribution is 5.63. The first-order valence-corrected chi connectivity index (χ1v) is 5.74. The van der Waals surface area contributed by atoms with Gasteiger partial charge in [-0.25, -0.2) is 4.52 Å². The van der Waals surface area contributed by atoms with Gasteiger partial charge in [0, 0.05) is 25.0 Å². The molecule has 4 nitrogen and oxygen atoms in total. The first kappa shape index (κ1) is 10.1. The third kappa shape index (κ3) is 1.62. The molecule has 3 heterocycles. The molecule has 3 aromatic heterocycles. The Kier molecular flexibility index (Phi) is 2.21. The minimum absolute atomic E-state index is 0.975. The Labute approximate surface area is 99.5 Å². The van der Waals surface area contributed by atoms with Crippen LogP contribution in [0.3, 0.4) is 0 Å². The van der Waals surface area contributed by atoms with Crippen molar-refractivity contribution >= 4 is 5.52 Å². The minimum Gasteiger partial charge on any atom is -0.275 e. The number of pyridine rings is 1. The van der Waals surface area contributed by atoms with Gasteiger partial charge in [0.15, 0.2) is 0 Å². The molecule has 0 aromatic carbocycles. The van der Waals surface area contributed by atoms with Crippen molar-refractivity contribution in [2.45, 2.75) is 13.3 Å². The van der Waals surface area contributed by atoms with Crippen LogP contribution in [0.25, 0.3) is 16.8 Å². The van der Waals surface area contributed by atoms with E-state index in [2.05, 4.69) is 29.3 Å². The van der Waals surface area contributed by atoms with E-state index in [0.29, 0.717) is 0 Å². The van der Waals surface area contributed by atoms with Crippen molar-refractivity contribution in [2.75, 3.05) is 0 Å².